The molecule has 0 saturated heterocycles. The summed E-state index contributed by atoms with van der Waals surface area (Å²) in [4.78, 5) is 24.7. The Labute approximate surface area is 187 Å². The van der Waals surface area contributed by atoms with Gasteiger partial charge in [-0.05, 0) is 59.9 Å². The molecule has 3 aromatic rings. The van der Waals surface area contributed by atoms with Gasteiger partial charge in [0.05, 0.1) is 12.6 Å². The van der Waals surface area contributed by atoms with Gasteiger partial charge in [0.2, 0.25) is 0 Å². The molecule has 1 N–H and O–H groups in total. The highest BCUT2D eigenvalue weighted by molar-refractivity contribution is 6.12. The zero-order valence-corrected chi connectivity index (χ0v) is 18.2. The first kappa shape index (κ1) is 20.3. The summed E-state index contributed by atoms with van der Waals surface area (Å²) in [5.74, 6) is 0.665. The van der Waals surface area contributed by atoms with Gasteiger partial charge in [0.25, 0.3) is 0 Å². The zero-order chi connectivity index (χ0) is 22.2. The number of anilines is 1. The molecule has 5 nitrogen and oxygen atoms in total. The van der Waals surface area contributed by atoms with E-state index >= 15 is 0 Å². The van der Waals surface area contributed by atoms with E-state index < -0.39 is 5.97 Å². The molecule has 32 heavy (non-hydrogen) atoms. The van der Waals surface area contributed by atoms with Crippen molar-refractivity contribution in [2.45, 2.75) is 39.2 Å². The van der Waals surface area contributed by atoms with E-state index in [1.165, 1.54) is 17.7 Å². The summed E-state index contributed by atoms with van der Waals surface area (Å²) in [6, 6.07) is 17.8. The van der Waals surface area contributed by atoms with Crippen LogP contribution in [0, 0.1) is 0 Å². The fourth-order valence-electron chi connectivity index (χ4n) is 4.86. The number of ether oxygens (including phenoxy) is 2. The third-order valence-electron chi connectivity index (χ3n) is 6.13. The minimum atomic E-state index is -0.400. The fraction of sp³-hybridized carbons (Fsp3) is 0.259. The van der Waals surface area contributed by atoms with Gasteiger partial charge in [-0.1, -0.05) is 36.4 Å². The number of ketones is 1. The van der Waals surface area contributed by atoms with Crippen molar-refractivity contribution in [1.82, 2.24) is 0 Å². The summed E-state index contributed by atoms with van der Waals surface area (Å²) in [5.41, 5.74) is 5.06. The Bertz CT molecular complexity index is 1270. The normalized spacial score (nSPS) is 17.4. The number of fused-ring (bicyclic) bond motifs is 4. The van der Waals surface area contributed by atoms with E-state index in [1.807, 2.05) is 31.2 Å². The zero-order valence-electron chi connectivity index (χ0n) is 18.2. The van der Waals surface area contributed by atoms with Gasteiger partial charge in [0, 0.05) is 30.2 Å². The lowest BCUT2D eigenvalue weighted by Crippen LogP contribution is -2.27. The number of nitrogens with one attached hydrogen (secondary N) is 1. The number of benzene rings is 3. The van der Waals surface area contributed by atoms with Gasteiger partial charge in [0.15, 0.2) is 17.3 Å². The van der Waals surface area contributed by atoms with Crippen LogP contribution in [0.1, 0.15) is 50.3 Å². The molecule has 1 aliphatic heterocycles. The maximum absolute atomic E-state index is 13.2. The largest absolute Gasteiger partial charge is 0.490 e. The summed E-state index contributed by atoms with van der Waals surface area (Å²) in [6.07, 6.45) is 2.30. The van der Waals surface area contributed by atoms with Gasteiger partial charge in [-0.2, -0.15) is 0 Å². The predicted octanol–water partition coefficient (Wildman–Crippen LogP) is 5.84. The summed E-state index contributed by atoms with van der Waals surface area (Å²) < 4.78 is 11.1. The van der Waals surface area contributed by atoms with E-state index in [4.69, 9.17) is 9.47 Å². The van der Waals surface area contributed by atoms with Gasteiger partial charge in [0.1, 0.15) is 0 Å². The van der Waals surface area contributed by atoms with E-state index in [-0.39, 0.29) is 11.8 Å². The van der Waals surface area contributed by atoms with E-state index in [0.717, 1.165) is 40.8 Å². The lowest BCUT2D eigenvalue weighted by atomic mass is 9.77. The van der Waals surface area contributed by atoms with Crippen molar-refractivity contribution >= 4 is 33.8 Å². The Morgan fingerprint density at radius 3 is 2.72 bits per heavy atom. The molecule has 0 saturated carbocycles. The summed E-state index contributed by atoms with van der Waals surface area (Å²) in [7, 11) is 0. The molecule has 3 aromatic carbocycles. The molecular weight excluding hydrogens is 402 g/mol. The van der Waals surface area contributed by atoms with Gasteiger partial charge in [-0.25, -0.2) is 0 Å². The first-order chi connectivity index (χ1) is 15.6. The lowest BCUT2D eigenvalue weighted by molar-refractivity contribution is -0.132. The standard InChI is InChI=1S/C27H25NO4/c1-3-31-24-15-18(12-14-23(24)32-16(2)29)27-26-20(9-6-10-22(26)30)25-19-8-5-4-7-17(19)11-13-21(25)28-27/h4-5,7-8,11-15,27-28H,3,6,9-10H2,1-2H3/t27-/m1/s1. The maximum Gasteiger partial charge on any atom is 0.308 e. The van der Waals surface area contributed by atoms with Crippen LogP contribution in [0.5, 0.6) is 11.5 Å². The number of hydrogen-bond donors (Lipinski definition) is 1. The second-order valence-electron chi connectivity index (χ2n) is 8.19. The van der Waals surface area contributed by atoms with Gasteiger partial charge in [-0.3, -0.25) is 9.59 Å². The maximum atomic E-state index is 13.2. The van der Waals surface area contributed by atoms with E-state index in [0.29, 0.717) is 24.5 Å². The molecule has 0 radical (unpaired) electrons. The number of rotatable bonds is 4. The van der Waals surface area contributed by atoms with Crippen LogP contribution in [0.2, 0.25) is 0 Å². The van der Waals surface area contributed by atoms with Crippen molar-refractivity contribution in [3.8, 4) is 11.5 Å². The Balaban J connectivity index is 1.67. The molecule has 0 fully saturated rings. The molecule has 0 unspecified atom stereocenters. The van der Waals surface area contributed by atoms with Crippen LogP contribution in [-0.4, -0.2) is 18.4 Å². The number of carbonyl (C=O) groups excluding carboxylic acids is 2. The molecule has 162 valence electrons. The van der Waals surface area contributed by atoms with Crippen molar-refractivity contribution in [2.75, 3.05) is 11.9 Å². The smallest absolute Gasteiger partial charge is 0.308 e. The number of Topliss-reactive ketones (excluding diaryl/α,β-unsaturated/α-hetero) is 1. The highest BCUT2D eigenvalue weighted by Crippen LogP contribution is 2.48. The Hall–Kier alpha value is -3.60. The molecule has 0 bridgehead atoms. The van der Waals surface area contributed by atoms with E-state index in [9.17, 15) is 9.59 Å². The summed E-state index contributed by atoms with van der Waals surface area (Å²) in [5, 5.41) is 5.96. The molecule has 2 aliphatic rings. The SMILES string of the molecule is CCOc1cc([C@H]2Nc3ccc4ccccc4c3C3=C2C(=O)CCC3)ccc1OC(C)=O. The van der Waals surface area contributed by atoms with Crippen LogP contribution in [0.25, 0.3) is 16.3 Å². The Kier molecular flexibility index (Phi) is 5.17. The molecule has 0 amide bonds. The molecule has 5 rings (SSSR count). The van der Waals surface area contributed by atoms with Crippen molar-refractivity contribution in [2.24, 2.45) is 0 Å². The molecule has 5 heteroatoms. The average Bonchev–Trinajstić information content (AvgIpc) is 2.79. The van der Waals surface area contributed by atoms with Crippen molar-refractivity contribution < 1.29 is 19.1 Å². The molecule has 1 atom stereocenters. The monoisotopic (exact) mass is 427 g/mol. The first-order valence-corrected chi connectivity index (χ1v) is 11.1. The second-order valence-corrected chi connectivity index (χ2v) is 8.19. The molecular formula is C27H25NO4. The summed E-state index contributed by atoms with van der Waals surface area (Å²) >= 11 is 0. The number of hydrogen-bond acceptors (Lipinski definition) is 5. The highest BCUT2D eigenvalue weighted by Gasteiger charge is 2.35. The molecule has 1 heterocycles. The van der Waals surface area contributed by atoms with Crippen LogP contribution in [-0.2, 0) is 9.59 Å². The van der Waals surface area contributed by atoms with Crippen LogP contribution in [0.3, 0.4) is 0 Å². The molecule has 0 spiro atoms. The quantitative estimate of drug-likeness (QED) is 0.419. The summed E-state index contributed by atoms with van der Waals surface area (Å²) in [6.45, 7) is 3.69. The van der Waals surface area contributed by atoms with E-state index in [1.54, 1.807) is 6.07 Å². The Morgan fingerprint density at radius 2 is 1.91 bits per heavy atom. The fourth-order valence-corrected chi connectivity index (χ4v) is 4.86. The lowest BCUT2D eigenvalue weighted by Gasteiger charge is -2.35. The van der Waals surface area contributed by atoms with E-state index in [2.05, 4.69) is 29.6 Å². The van der Waals surface area contributed by atoms with Crippen molar-refractivity contribution in [3.63, 3.8) is 0 Å². The van der Waals surface area contributed by atoms with Crippen LogP contribution >= 0.6 is 0 Å². The third kappa shape index (κ3) is 3.44. The van der Waals surface area contributed by atoms with Gasteiger partial charge in [-0.15, -0.1) is 0 Å². The molecule has 0 aromatic heterocycles. The average molecular weight is 428 g/mol. The van der Waals surface area contributed by atoms with Crippen LogP contribution < -0.4 is 14.8 Å². The number of esters is 1. The predicted molar refractivity (Wildman–Crippen MR) is 125 cm³/mol. The topological polar surface area (TPSA) is 64.6 Å². The minimum Gasteiger partial charge on any atom is -0.490 e. The Morgan fingerprint density at radius 1 is 1.06 bits per heavy atom. The first-order valence-electron chi connectivity index (χ1n) is 11.1. The van der Waals surface area contributed by atoms with Crippen molar-refractivity contribution in [3.05, 3.63) is 71.3 Å². The third-order valence-corrected chi connectivity index (χ3v) is 6.13. The minimum absolute atomic E-state index is 0.185. The van der Waals surface area contributed by atoms with Gasteiger partial charge >= 0.3 is 5.97 Å². The van der Waals surface area contributed by atoms with Crippen LogP contribution in [0.4, 0.5) is 5.69 Å². The number of allylic oxidation sites excluding steroid dienone is 1. The van der Waals surface area contributed by atoms with Crippen LogP contribution in [0.15, 0.2) is 60.2 Å². The number of carbonyl (C=O) groups is 2. The van der Waals surface area contributed by atoms with Gasteiger partial charge < -0.3 is 14.8 Å². The van der Waals surface area contributed by atoms with Crippen molar-refractivity contribution in [1.29, 1.82) is 0 Å². The molecule has 1 aliphatic carbocycles. The highest BCUT2D eigenvalue weighted by atomic mass is 16.6. The second kappa shape index (κ2) is 8.15.